The van der Waals surface area contributed by atoms with Gasteiger partial charge in [0.1, 0.15) is 5.84 Å². The quantitative estimate of drug-likeness (QED) is 0.530. The molecule has 6 nitrogen and oxygen atoms in total. The highest BCUT2D eigenvalue weighted by Gasteiger charge is 2.29. The van der Waals surface area contributed by atoms with Crippen LogP contribution in [0, 0.1) is 5.41 Å². The number of rotatable bonds is 6. The molecule has 1 aliphatic heterocycles. The van der Waals surface area contributed by atoms with Gasteiger partial charge in [0.2, 0.25) is 10.0 Å². The van der Waals surface area contributed by atoms with Crippen molar-refractivity contribution in [2.45, 2.75) is 32.7 Å². The molecule has 0 aliphatic carbocycles. The maximum atomic E-state index is 11.9. The maximum absolute atomic E-state index is 11.9. The molecule has 0 radical (unpaired) electrons. The molecule has 1 fully saturated rings. The third-order valence-electron chi connectivity index (χ3n) is 3.32. The van der Waals surface area contributed by atoms with Gasteiger partial charge in [0.05, 0.1) is 11.8 Å². The zero-order chi connectivity index (χ0) is 13.8. The first-order chi connectivity index (χ1) is 8.42. The van der Waals surface area contributed by atoms with Crippen molar-refractivity contribution in [1.29, 1.82) is 5.41 Å². The lowest BCUT2D eigenvalue weighted by atomic mass is 10.1. The van der Waals surface area contributed by atoms with Crippen molar-refractivity contribution < 1.29 is 8.42 Å². The Morgan fingerprint density at radius 1 is 1.28 bits per heavy atom. The summed E-state index contributed by atoms with van der Waals surface area (Å²) in [6, 6.07) is -0.0546. The summed E-state index contributed by atoms with van der Waals surface area (Å²) in [4.78, 5) is 2.10. The molecule has 18 heavy (non-hydrogen) atoms. The van der Waals surface area contributed by atoms with Gasteiger partial charge in [0, 0.05) is 26.2 Å². The van der Waals surface area contributed by atoms with E-state index < -0.39 is 10.0 Å². The Kier molecular flexibility index (Phi) is 5.55. The van der Waals surface area contributed by atoms with Gasteiger partial charge in [-0.2, -0.15) is 4.31 Å². The van der Waals surface area contributed by atoms with Crippen LogP contribution >= 0.6 is 0 Å². The summed E-state index contributed by atoms with van der Waals surface area (Å²) in [5.41, 5.74) is 5.56. The lowest BCUT2D eigenvalue weighted by Crippen LogP contribution is -2.55. The number of amidine groups is 1. The van der Waals surface area contributed by atoms with Crippen LogP contribution in [0.2, 0.25) is 0 Å². The summed E-state index contributed by atoms with van der Waals surface area (Å²) in [6.45, 7) is 6.18. The van der Waals surface area contributed by atoms with Crippen LogP contribution in [0.1, 0.15) is 26.7 Å². The van der Waals surface area contributed by atoms with Crippen LogP contribution in [0.25, 0.3) is 0 Å². The summed E-state index contributed by atoms with van der Waals surface area (Å²) in [5, 5.41) is 7.53. The van der Waals surface area contributed by atoms with Gasteiger partial charge < -0.3 is 5.73 Å². The van der Waals surface area contributed by atoms with E-state index in [1.165, 1.54) is 0 Å². The third kappa shape index (κ3) is 3.66. The second-order valence-electron chi connectivity index (χ2n) is 4.63. The van der Waals surface area contributed by atoms with Gasteiger partial charge >= 0.3 is 0 Å². The molecule has 1 unspecified atom stereocenters. The standard InChI is InChI=1S/C11H24N4O2S/c1-3-9-18(16,17)15-7-5-14(6-8-15)10(4-2)11(12)13/h10H,3-9H2,1-2H3,(H3,12,13). The average Bonchev–Trinajstić information content (AvgIpc) is 2.30. The molecular formula is C11H24N4O2S. The summed E-state index contributed by atoms with van der Waals surface area (Å²) in [5.74, 6) is 0.388. The molecule has 0 aromatic carbocycles. The Hall–Kier alpha value is -0.660. The second-order valence-corrected chi connectivity index (χ2v) is 6.72. The lowest BCUT2D eigenvalue weighted by Gasteiger charge is -2.37. The van der Waals surface area contributed by atoms with E-state index in [1.54, 1.807) is 4.31 Å². The summed E-state index contributed by atoms with van der Waals surface area (Å²) >= 11 is 0. The zero-order valence-electron chi connectivity index (χ0n) is 11.2. The molecule has 1 aliphatic rings. The molecule has 1 atom stereocenters. The van der Waals surface area contributed by atoms with E-state index in [2.05, 4.69) is 4.90 Å². The van der Waals surface area contributed by atoms with Crippen LogP contribution in [-0.2, 0) is 10.0 Å². The van der Waals surface area contributed by atoms with Crippen molar-refractivity contribution in [3.8, 4) is 0 Å². The lowest BCUT2D eigenvalue weighted by molar-refractivity contribution is 0.163. The van der Waals surface area contributed by atoms with Gasteiger partial charge in [-0.25, -0.2) is 8.42 Å². The van der Waals surface area contributed by atoms with Crippen LogP contribution in [-0.4, -0.2) is 61.4 Å². The van der Waals surface area contributed by atoms with Crippen LogP contribution in [0.15, 0.2) is 0 Å². The van der Waals surface area contributed by atoms with E-state index in [9.17, 15) is 8.42 Å². The minimum Gasteiger partial charge on any atom is -0.386 e. The molecule has 0 aromatic heterocycles. The van der Waals surface area contributed by atoms with Gasteiger partial charge in [-0.05, 0) is 12.8 Å². The fourth-order valence-electron chi connectivity index (χ4n) is 2.36. The molecule has 3 N–H and O–H groups in total. The molecule has 0 bridgehead atoms. The SMILES string of the molecule is CCCS(=O)(=O)N1CCN(C(CC)C(=N)N)CC1. The fourth-order valence-corrected chi connectivity index (χ4v) is 3.85. The van der Waals surface area contributed by atoms with Gasteiger partial charge in [-0.3, -0.25) is 10.3 Å². The number of hydrogen-bond acceptors (Lipinski definition) is 4. The molecule has 0 saturated carbocycles. The van der Waals surface area contributed by atoms with E-state index in [1.807, 2.05) is 13.8 Å². The topological polar surface area (TPSA) is 90.5 Å². The van der Waals surface area contributed by atoms with Crippen molar-refractivity contribution in [2.75, 3.05) is 31.9 Å². The van der Waals surface area contributed by atoms with Crippen LogP contribution in [0.4, 0.5) is 0 Å². The van der Waals surface area contributed by atoms with E-state index in [-0.39, 0.29) is 17.6 Å². The predicted octanol–water partition coefficient (Wildman–Crippen LogP) is 0.0584. The largest absolute Gasteiger partial charge is 0.386 e. The predicted molar refractivity (Wildman–Crippen MR) is 73.2 cm³/mol. The average molecular weight is 276 g/mol. The number of hydrogen-bond donors (Lipinski definition) is 2. The van der Waals surface area contributed by atoms with Gasteiger partial charge in [0.15, 0.2) is 0 Å². The summed E-state index contributed by atoms with van der Waals surface area (Å²) < 4.78 is 25.4. The van der Waals surface area contributed by atoms with Crippen LogP contribution in [0.5, 0.6) is 0 Å². The minimum atomic E-state index is -3.09. The molecule has 0 amide bonds. The van der Waals surface area contributed by atoms with Crippen LogP contribution in [0.3, 0.4) is 0 Å². The Bertz CT molecular complexity index is 375. The Balaban J connectivity index is 2.58. The summed E-state index contributed by atoms with van der Waals surface area (Å²) in [7, 11) is -3.09. The molecule has 0 aromatic rings. The Labute approximate surface area is 110 Å². The Morgan fingerprint density at radius 2 is 1.83 bits per heavy atom. The first-order valence-corrected chi connectivity index (χ1v) is 8.09. The first kappa shape index (κ1) is 15.4. The number of piperazine rings is 1. The molecule has 0 spiro atoms. The van der Waals surface area contributed by atoms with Gasteiger partial charge in [0.25, 0.3) is 0 Å². The first-order valence-electron chi connectivity index (χ1n) is 6.48. The van der Waals surface area contributed by atoms with Gasteiger partial charge in [-0.15, -0.1) is 0 Å². The maximum Gasteiger partial charge on any atom is 0.214 e. The monoisotopic (exact) mass is 276 g/mol. The molecular weight excluding hydrogens is 252 g/mol. The van der Waals surface area contributed by atoms with Gasteiger partial charge in [-0.1, -0.05) is 13.8 Å². The Morgan fingerprint density at radius 3 is 2.22 bits per heavy atom. The molecule has 1 rings (SSSR count). The fraction of sp³-hybridized carbons (Fsp3) is 0.909. The number of sulfonamides is 1. The second kappa shape index (κ2) is 6.49. The van der Waals surface area contributed by atoms with E-state index in [0.29, 0.717) is 32.6 Å². The zero-order valence-corrected chi connectivity index (χ0v) is 12.0. The molecule has 1 heterocycles. The smallest absolute Gasteiger partial charge is 0.214 e. The van der Waals surface area contributed by atoms with Crippen molar-refractivity contribution in [3.05, 3.63) is 0 Å². The number of nitrogens with two attached hydrogens (primary N) is 1. The van der Waals surface area contributed by atoms with Crippen LogP contribution < -0.4 is 5.73 Å². The minimum absolute atomic E-state index is 0.0546. The highest BCUT2D eigenvalue weighted by Crippen LogP contribution is 2.13. The normalized spacial score (nSPS) is 20.8. The molecule has 1 saturated heterocycles. The number of nitrogens with zero attached hydrogens (tertiary/aromatic N) is 2. The van der Waals surface area contributed by atoms with Crippen molar-refractivity contribution in [2.24, 2.45) is 5.73 Å². The number of nitrogens with one attached hydrogen (secondary N) is 1. The van der Waals surface area contributed by atoms with Crippen molar-refractivity contribution in [1.82, 2.24) is 9.21 Å². The third-order valence-corrected chi connectivity index (χ3v) is 5.39. The van der Waals surface area contributed by atoms with E-state index in [4.69, 9.17) is 11.1 Å². The van der Waals surface area contributed by atoms with E-state index in [0.717, 1.165) is 6.42 Å². The highest BCUT2D eigenvalue weighted by atomic mass is 32.2. The van der Waals surface area contributed by atoms with E-state index >= 15 is 0 Å². The highest BCUT2D eigenvalue weighted by molar-refractivity contribution is 7.89. The molecule has 106 valence electrons. The van der Waals surface area contributed by atoms with Crippen molar-refractivity contribution in [3.63, 3.8) is 0 Å². The summed E-state index contributed by atoms with van der Waals surface area (Å²) in [6.07, 6.45) is 1.44. The molecule has 7 heteroatoms. The van der Waals surface area contributed by atoms with Crippen molar-refractivity contribution >= 4 is 15.9 Å².